The number of ether oxygens (including phenoxy) is 1. The van der Waals surface area contributed by atoms with E-state index < -0.39 is 0 Å². The van der Waals surface area contributed by atoms with Crippen LogP contribution in [0.4, 0.5) is 0 Å². The zero-order valence-electron chi connectivity index (χ0n) is 11.9. The molecule has 0 spiro atoms. The van der Waals surface area contributed by atoms with E-state index in [9.17, 15) is 0 Å². The van der Waals surface area contributed by atoms with Gasteiger partial charge in [0.15, 0.2) is 0 Å². The van der Waals surface area contributed by atoms with Crippen molar-refractivity contribution in [1.82, 2.24) is 5.32 Å². The largest absolute Gasteiger partial charge is 0.381 e. The van der Waals surface area contributed by atoms with Gasteiger partial charge < -0.3 is 10.1 Å². The molecule has 2 heteroatoms. The summed E-state index contributed by atoms with van der Waals surface area (Å²) in [6.45, 7) is 15.3. The molecule has 0 bridgehead atoms. The summed E-state index contributed by atoms with van der Waals surface area (Å²) in [6.07, 6.45) is 3.59. The molecule has 0 rings (SSSR count). The molecule has 98 valence electrons. The van der Waals surface area contributed by atoms with Gasteiger partial charge in [-0.15, -0.1) is 0 Å². The molecule has 0 saturated heterocycles. The Morgan fingerprint density at radius 2 is 1.94 bits per heavy atom. The standard InChI is InChI=1S/C14H31NO/c1-6-9-15-12-14(5,7-2)8-10-16-11-13(3)4/h13,15H,6-12H2,1-5H3. The highest BCUT2D eigenvalue weighted by Crippen LogP contribution is 2.24. The van der Waals surface area contributed by atoms with Crippen molar-refractivity contribution in [2.45, 2.75) is 53.9 Å². The first-order chi connectivity index (χ1) is 7.54. The predicted octanol–water partition coefficient (Wildman–Crippen LogP) is 3.47. The summed E-state index contributed by atoms with van der Waals surface area (Å²) in [7, 11) is 0. The van der Waals surface area contributed by atoms with Crippen molar-refractivity contribution in [1.29, 1.82) is 0 Å². The smallest absolute Gasteiger partial charge is 0.0488 e. The summed E-state index contributed by atoms with van der Waals surface area (Å²) in [5.41, 5.74) is 0.395. The predicted molar refractivity (Wildman–Crippen MR) is 71.8 cm³/mol. The van der Waals surface area contributed by atoms with Gasteiger partial charge in [0.1, 0.15) is 0 Å². The summed E-state index contributed by atoms with van der Waals surface area (Å²) in [4.78, 5) is 0. The zero-order valence-corrected chi connectivity index (χ0v) is 11.9. The second-order valence-corrected chi connectivity index (χ2v) is 5.56. The molecular formula is C14H31NO. The van der Waals surface area contributed by atoms with Gasteiger partial charge in [-0.1, -0.05) is 34.6 Å². The highest BCUT2D eigenvalue weighted by Gasteiger charge is 2.21. The van der Waals surface area contributed by atoms with Crippen molar-refractivity contribution < 1.29 is 4.74 Å². The van der Waals surface area contributed by atoms with Crippen LogP contribution in [0, 0.1) is 11.3 Å². The van der Waals surface area contributed by atoms with E-state index in [1.807, 2.05) is 0 Å². The summed E-state index contributed by atoms with van der Waals surface area (Å²) in [5, 5.41) is 3.52. The van der Waals surface area contributed by atoms with Crippen LogP contribution in [0.15, 0.2) is 0 Å². The van der Waals surface area contributed by atoms with E-state index in [2.05, 4.69) is 39.9 Å². The minimum atomic E-state index is 0.395. The van der Waals surface area contributed by atoms with Gasteiger partial charge in [0, 0.05) is 19.8 Å². The minimum Gasteiger partial charge on any atom is -0.381 e. The van der Waals surface area contributed by atoms with Crippen LogP contribution in [0.25, 0.3) is 0 Å². The lowest BCUT2D eigenvalue weighted by Gasteiger charge is -2.28. The molecule has 16 heavy (non-hydrogen) atoms. The molecule has 0 aromatic rings. The molecule has 0 radical (unpaired) electrons. The van der Waals surface area contributed by atoms with Crippen LogP contribution in [0.5, 0.6) is 0 Å². The SMILES string of the molecule is CCCNCC(C)(CC)CCOCC(C)C. The fraction of sp³-hybridized carbons (Fsp3) is 1.00. The molecule has 0 fully saturated rings. The van der Waals surface area contributed by atoms with Gasteiger partial charge in [0.2, 0.25) is 0 Å². The molecule has 0 aliphatic rings. The monoisotopic (exact) mass is 229 g/mol. The van der Waals surface area contributed by atoms with Crippen molar-refractivity contribution in [2.75, 3.05) is 26.3 Å². The Morgan fingerprint density at radius 3 is 2.44 bits per heavy atom. The average molecular weight is 229 g/mol. The van der Waals surface area contributed by atoms with Crippen LogP contribution in [0.1, 0.15) is 53.9 Å². The van der Waals surface area contributed by atoms with E-state index in [0.29, 0.717) is 11.3 Å². The first kappa shape index (κ1) is 15.9. The van der Waals surface area contributed by atoms with Crippen LogP contribution >= 0.6 is 0 Å². The molecule has 0 aliphatic carbocycles. The Balaban J connectivity index is 3.69. The Kier molecular flexibility index (Phi) is 8.96. The molecule has 0 amide bonds. The third-order valence-electron chi connectivity index (χ3n) is 3.13. The molecule has 2 nitrogen and oxygen atoms in total. The topological polar surface area (TPSA) is 21.3 Å². The van der Waals surface area contributed by atoms with E-state index in [1.54, 1.807) is 0 Å². The summed E-state index contributed by atoms with van der Waals surface area (Å²) >= 11 is 0. The molecule has 0 saturated carbocycles. The van der Waals surface area contributed by atoms with Crippen LogP contribution in [-0.4, -0.2) is 26.3 Å². The second kappa shape index (κ2) is 9.00. The lowest BCUT2D eigenvalue weighted by Crippen LogP contribution is -2.33. The van der Waals surface area contributed by atoms with Gasteiger partial charge in [-0.05, 0) is 37.1 Å². The minimum absolute atomic E-state index is 0.395. The highest BCUT2D eigenvalue weighted by atomic mass is 16.5. The van der Waals surface area contributed by atoms with Crippen molar-refractivity contribution >= 4 is 0 Å². The van der Waals surface area contributed by atoms with Crippen LogP contribution in [-0.2, 0) is 4.74 Å². The Hall–Kier alpha value is -0.0800. The third kappa shape index (κ3) is 8.12. The van der Waals surface area contributed by atoms with Gasteiger partial charge in [0.25, 0.3) is 0 Å². The fourth-order valence-electron chi connectivity index (χ4n) is 1.59. The maximum absolute atomic E-state index is 5.67. The van der Waals surface area contributed by atoms with Gasteiger partial charge in [-0.3, -0.25) is 0 Å². The second-order valence-electron chi connectivity index (χ2n) is 5.56. The maximum atomic E-state index is 5.67. The lowest BCUT2D eigenvalue weighted by atomic mass is 9.84. The molecule has 0 aliphatic heterocycles. The van der Waals surface area contributed by atoms with E-state index in [4.69, 9.17) is 4.74 Å². The van der Waals surface area contributed by atoms with Gasteiger partial charge in [-0.2, -0.15) is 0 Å². The molecule has 1 N–H and O–H groups in total. The first-order valence-corrected chi connectivity index (χ1v) is 6.82. The van der Waals surface area contributed by atoms with E-state index in [1.165, 1.54) is 12.8 Å². The lowest BCUT2D eigenvalue weighted by molar-refractivity contribution is 0.0790. The maximum Gasteiger partial charge on any atom is 0.0488 e. The molecule has 0 aromatic carbocycles. The van der Waals surface area contributed by atoms with E-state index in [-0.39, 0.29) is 0 Å². The van der Waals surface area contributed by atoms with Gasteiger partial charge in [0.05, 0.1) is 0 Å². The normalized spacial score (nSPS) is 15.4. The van der Waals surface area contributed by atoms with Gasteiger partial charge >= 0.3 is 0 Å². The zero-order chi connectivity index (χ0) is 12.4. The van der Waals surface area contributed by atoms with Gasteiger partial charge in [-0.25, -0.2) is 0 Å². The Labute approximate surface area is 102 Å². The van der Waals surface area contributed by atoms with Crippen molar-refractivity contribution in [2.24, 2.45) is 11.3 Å². The van der Waals surface area contributed by atoms with Crippen molar-refractivity contribution in [3.8, 4) is 0 Å². The Bertz CT molecular complexity index is 159. The van der Waals surface area contributed by atoms with Crippen LogP contribution in [0.2, 0.25) is 0 Å². The Morgan fingerprint density at radius 1 is 1.25 bits per heavy atom. The molecule has 0 heterocycles. The summed E-state index contributed by atoms with van der Waals surface area (Å²) in [6, 6.07) is 0. The number of nitrogens with one attached hydrogen (secondary N) is 1. The summed E-state index contributed by atoms with van der Waals surface area (Å²) in [5.74, 6) is 0.645. The summed E-state index contributed by atoms with van der Waals surface area (Å²) < 4.78 is 5.67. The molecular weight excluding hydrogens is 198 g/mol. The quantitative estimate of drug-likeness (QED) is 0.579. The molecule has 0 aromatic heterocycles. The highest BCUT2D eigenvalue weighted by molar-refractivity contribution is 4.75. The third-order valence-corrected chi connectivity index (χ3v) is 3.13. The van der Waals surface area contributed by atoms with Crippen LogP contribution in [0.3, 0.4) is 0 Å². The van der Waals surface area contributed by atoms with E-state index in [0.717, 1.165) is 32.7 Å². The van der Waals surface area contributed by atoms with Crippen molar-refractivity contribution in [3.05, 3.63) is 0 Å². The number of rotatable bonds is 10. The fourth-order valence-corrected chi connectivity index (χ4v) is 1.59. The number of hydrogen-bond donors (Lipinski definition) is 1. The molecule has 1 unspecified atom stereocenters. The van der Waals surface area contributed by atoms with Crippen molar-refractivity contribution in [3.63, 3.8) is 0 Å². The van der Waals surface area contributed by atoms with Crippen LogP contribution < -0.4 is 5.32 Å². The first-order valence-electron chi connectivity index (χ1n) is 6.82. The average Bonchev–Trinajstić information content (AvgIpc) is 2.25. The number of hydrogen-bond acceptors (Lipinski definition) is 2. The molecule has 1 atom stereocenters. The van der Waals surface area contributed by atoms with E-state index >= 15 is 0 Å².